The zero-order chi connectivity index (χ0) is 23.5. The fraction of sp³-hybridized carbons (Fsp3) is 0.375. The average molecular weight is 484 g/mol. The minimum Gasteiger partial charge on any atom is -0.497 e. The number of fused-ring (bicyclic) bond motifs is 1. The number of hydrogen-bond acceptors (Lipinski definition) is 7. The van der Waals surface area contributed by atoms with E-state index in [1.165, 1.54) is 16.7 Å². The van der Waals surface area contributed by atoms with Crippen LogP contribution >= 0.6 is 24.0 Å². The number of hydrogen-bond donors (Lipinski definition) is 0. The molecule has 0 aromatic heterocycles. The number of imide groups is 1. The largest absolute Gasteiger partial charge is 0.497 e. The monoisotopic (exact) mass is 483 g/mol. The van der Waals surface area contributed by atoms with Crippen molar-refractivity contribution in [3.8, 4) is 5.75 Å². The number of carbonyl (C=O) groups excluding carboxylic acids is 2. The number of carbonyl (C=O) groups is 2. The van der Waals surface area contributed by atoms with E-state index < -0.39 is 18.1 Å². The molecule has 3 aliphatic heterocycles. The van der Waals surface area contributed by atoms with Gasteiger partial charge in [-0.2, -0.15) is 5.06 Å². The van der Waals surface area contributed by atoms with Crippen molar-refractivity contribution < 1.29 is 19.2 Å². The van der Waals surface area contributed by atoms with E-state index in [2.05, 4.69) is 13.8 Å². The topological polar surface area (TPSA) is 62.3 Å². The summed E-state index contributed by atoms with van der Waals surface area (Å²) >= 11 is 7.09. The quantitative estimate of drug-likeness (QED) is 0.483. The highest BCUT2D eigenvalue weighted by molar-refractivity contribution is 8.23. The van der Waals surface area contributed by atoms with E-state index in [1.54, 1.807) is 31.4 Å². The van der Waals surface area contributed by atoms with Crippen molar-refractivity contribution in [2.75, 3.05) is 19.1 Å². The van der Waals surface area contributed by atoms with Gasteiger partial charge < -0.3 is 9.64 Å². The highest BCUT2D eigenvalue weighted by Crippen LogP contribution is 2.52. The van der Waals surface area contributed by atoms with Gasteiger partial charge in [-0.15, -0.1) is 0 Å². The van der Waals surface area contributed by atoms with Crippen LogP contribution in [-0.2, 0) is 14.4 Å². The minimum absolute atomic E-state index is 0.180. The van der Waals surface area contributed by atoms with Crippen LogP contribution in [0.1, 0.15) is 25.5 Å². The molecule has 0 spiro atoms. The maximum Gasteiger partial charge on any atom is 0.265 e. The predicted octanol–water partition coefficient (Wildman–Crippen LogP) is 3.61. The summed E-state index contributed by atoms with van der Waals surface area (Å²) in [6.45, 7) is 4.19. The van der Waals surface area contributed by atoms with E-state index in [0.717, 1.165) is 9.88 Å². The third-order valence-corrected chi connectivity index (χ3v) is 8.85. The number of methoxy groups -OCH3 is 1. The summed E-state index contributed by atoms with van der Waals surface area (Å²) in [5.41, 5.74) is 1.09. The third-order valence-electron chi connectivity index (χ3n) is 6.80. The summed E-state index contributed by atoms with van der Waals surface area (Å²) in [6, 6.07) is 16.3. The average Bonchev–Trinajstić information content (AvgIpc) is 3.39. The first kappa shape index (κ1) is 22.3. The number of nitrogens with zero attached hydrogens (tertiary/aromatic N) is 3. The van der Waals surface area contributed by atoms with Crippen molar-refractivity contribution in [3.05, 3.63) is 60.2 Å². The maximum absolute atomic E-state index is 13.7. The second kappa shape index (κ2) is 8.09. The van der Waals surface area contributed by atoms with Crippen molar-refractivity contribution in [2.24, 2.45) is 5.92 Å². The van der Waals surface area contributed by atoms with Gasteiger partial charge in [0.15, 0.2) is 6.10 Å². The molecule has 0 unspecified atom stereocenters. The number of anilines is 1. The van der Waals surface area contributed by atoms with Crippen LogP contribution in [0.5, 0.6) is 5.75 Å². The normalized spacial score (nSPS) is 29.2. The smallest absolute Gasteiger partial charge is 0.265 e. The van der Waals surface area contributed by atoms with Crippen LogP contribution in [0.4, 0.5) is 5.69 Å². The number of ether oxygens (including phenoxy) is 1. The Bertz CT molecular complexity index is 1110. The van der Waals surface area contributed by atoms with E-state index in [4.69, 9.17) is 21.8 Å². The van der Waals surface area contributed by atoms with Crippen LogP contribution in [-0.4, -0.2) is 57.3 Å². The van der Waals surface area contributed by atoms with Gasteiger partial charge in [0.05, 0.1) is 30.3 Å². The molecule has 0 saturated carbocycles. The molecular weight excluding hydrogens is 458 g/mol. The Morgan fingerprint density at radius 1 is 1.03 bits per heavy atom. The number of likely N-dealkylation sites (N-methyl/N-ethyl adjacent to an activating group) is 1. The van der Waals surface area contributed by atoms with Gasteiger partial charge in [0.25, 0.3) is 5.91 Å². The van der Waals surface area contributed by atoms with Gasteiger partial charge in [0.1, 0.15) is 15.4 Å². The lowest BCUT2D eigenvalue weighted by Gasteiger charge is -2.39. The van der Waals surface area contributed by atoms with Gasteiger partial charge in [-0.1, -0.05) is 54.3 Å². The molecule has 2 aromatic rings. The number of thioether (sulfide) groups is 1. The highest BCUT2D eigenvalue weighted by Gasteiger charge is 2.63. The minimum atomic E-state index is -0.888. The number of benzene rings is 2. The van der Waals surface area contributed by atoms with E-state index in [-0.39, 0.29) is 22.7 Å². The molecule has 3 saturated heterocycles. The molecular formula is C24H25N3O4S2. The zero-order valence-corrected chi connectivity index (χ0v) is 20.4. The molecule has 3 aliphatic rings. The Hall–Kier alpha value is -2.46. The second-order valence-corrected chi connectivity index (χ2v) is 10.6. The van der Waals surface area contributed by atoms with Crippen LogP contribution < -0.4 is 9.64 Å². The fourth-order valence-electron chi connectivity index (χ4n) is 4.71. The van der Waals surface area contributed by atoms with Gasteiger partial charge in [-0.3, -0.25) is 14.4 Å². The van der Waals surface area contributed by atoms with Crippen molar-refractivity contribution in [3.63, 3.8) is 0 Å². The first-order valence-corrected chi connectivity index (χ1v) is 12.0. The first-order chi connectivity index (χ1) is 15.8. The summed E-state index contributed by atoms with van der Waals surface area (Å²) in [4.78, 5) is 36.8. The van der Waals surface area contributed by atoms with E-state index in [0.29, 0.717) is 11.4 Å². The predicted molar refractivity (Wildman–Crippen MR) is 131 cm³/mol. The second-order valence-electron chi connectivity index (χ2n) is 8.93. The summed E-state index contributed by atoms with van der Waals surface area (Å²) in [6.07, 6.45) is -0.888. The van der Waals surface area contributed by atoms with Crippen LogP contribution in [0.15, 0.2) is 54.6 Å². The Morgan fingerprint density at radius 3 is 2.27 bits per heavy atom. The van der Waals surface area contributed by atoms with Crippen molar-refractivity contribution >= 4 is 45.8 Å². The molecule has 0 bridgehead atoms. The molecule has 2 amide bonds. The van der Waals surface area contributed by atoms with Crippen LogP contribution in [0.3, 0.4) is 0 Å². The van der Waals surface area contributed by atoms with E-state index in [1.807, 2.05) is 47.3 Å². The maximum atomic E-state index is 13.7. The van der Waals surface area contributed by atoms with E-state index >= 15 is 0 Å². The SMILES string of the molecule is COc1ccc(N2C(=O)[C@H]3[C@H](ON([C@H]4SC(=S)N(C)C4(C)C)[C@H]3c3ccccc3)C2=O)cc1. The zero-order valence-electron chi connectivity index (χ0n) is 18.8. The van der Waals surface area contributed by atoms with Crippen LogP contribution in [0.25, 0.3) is 0 Å². The summed E-state index contributed by atoms with van der Waals surface area (Å²) < 4.78 is 5.97. The first-order valence-electron chi connectivity index (χ1n) is 10.7. The van der Waals surface area contributed by atoms with Crippen LogP contribution in [0, 0.1) is 5.92 Å². The molecule has 0 radical (unpaired) electrons. The fourth-order valence-corrected chi connectivity index (χ4v) is 6.53. The number of amides is 2. The van der Waals surface area contributed by atoms with Gasteiger partial charge in [0, 0.05) is 7.05 Å². The molecule has 4 atom stereocenters. The van der Waals surface area contributed by atoms with Gasteiger partial charge >= 0.3 is 0 Å². The molecule has 7 nitrogen and oxygen atoms in total. The van der Waals surface area contributed by atoms with Crippen molar-refractivity contribution in [1.29, 1.82) is 0 Å². The molecule has 3 heterocycles. The Labute approximate surface area is 202 Å². The Kier molecular flexibility index (Phi) is 5.48. The standard InChI is InChI=1S/C24H25N3O4S2/c1-24(2)22(33-23(32)25(24)3)27-18(14-8-6-5-7-9-14)17-19(31-27)21(29)26(20(17)28)15-10-12-16(30-4)13-11-15/h5-13,17-19,22H,1-4H3/t17-,18+,19+,22+/m1/s1. The molecule has 5 rings (SSSR count). The van der Waals surface area contributed by atoms with E-state index in [9.17, 15) is 9.59 Å². The third kappa shape index (κ3) is 3.37. The van der Waals surface area contributed by atoms with Gasteiger partial charge in [-0.05, 0) is 43.7 Å². The Morgan fingerprint density at radius 2 is 1.70 bits per heavy atom. The lowest BCUT2D eigenvalue weighted by atomic mass is 9.90. The molecule has 3 fully saturated rings. The molecule has 0 aliphatic carbocycles. The van der Waals surface area contributed by atoms with Gasteiger partial charge in [-0.25, -0.2) is 4.90 Å². The number of rotatable bonds is 4. The molecule has 2 aromatic carbocycles. The lowest BCUT2D eigenvalue weighted by molar-refractivity contribution is -0.188. The lowest BCUT2D eigenvalue weighted by Crippen LogP contribution is -2.51. The molecule has 33 heavy (non-hydrogen) atoms. The van der Waals surface area contributed by atoms with Gasteiger partial charge in [0.2, 0.25) is 5.91 Å². The number of thiocarbonyl (C=S) groups is 1. The Balaban J connectivity index is 1.54. The van der Waals surface area contributed by atoms with Crippen molar-refractivity contribution in [2.45, 2.75) is 36.9 Å². The summed E-state index contributed by atoms with van der Waals surface area (Å²) in [5.74, 6) is -0.611. The summed E-state index contributed by atoms with van der Waals surface area (Å²) in [7, 11) is 3.54. The highest BCUT2D eigenvalue weighted by atomic mass is 32.2. The van der Waals surface area contributed by atoms with Crippen LogP contribution in [0.2, 0.25) is 0 Å². The molecule has 0 N–H and O–H groups in total. The number of hydroxylamine groups is 2. The molecule has 172 valence electrons. The summed E-state index contributed by atoms with van der Waals surface area (Å²) in [5, 5.41) is 1.66. The van der Waals surface area contributed by atoms with Crippen molar-refractivity contribution in [1.82, 2.24) is 9.96 Å². The molecule has 9 heteroatoms.